The number of halogens is 1. The third-order valence-electron chi connectivity index (χ3n) is 5.87. The summed E-state index contributed by atoms with van der Waals surface area (Å²) in [4.78, 5) is 13.8. The van der Waals surface area contributed by atoms with Crippen molar-refractivity contribution in [1.29, 1.82) is 0 Å². The second-order valence-corrected chi connectivity index (χ2v) is 8.39. The fourth-order valence-corrected chi connectivity index (χ4v) is 4.24. The number of hydrogen-bond donors (Lipinski definition) is 0. The van der Waals surface area contributed by atoms with Gasteiger partial charge >= 0.3 is 0 Å². The van der Waals surface area contributed by atoms with Gasteiger partial charge in [0.2, 0.25) is 0 Å². The lowest BCUT2D eigenvalue weighted by Crippen LogP contribution is -2.21. The van der Waals surface area contributed by atoms with Gasteiger partial charge in [0.1, 0.15) is 5.82 Å². The standard InChI is InChI=1S/C26H32FNO/c1-20(29)23-11-9-21(10-12-23)17-25(24-13-15-26(27)16-14-24)19-28(2)18-22-7-5-3-4-6-8-22/h9-16,19,22H,3-8,17-18H2,1-2H3/b25-19-. The Bertz CT molecular complexity index is 815. The number of benzene rings is 2. The van der Waals surface area contributed by atoms with E-state index in [0.717, 1.165) is 41.1 Å². The van der Waals surface area contributed by atoms with Crippen molar-refractivity contribution in [1.82, 2.24) is 4.90 Å². The average Bonchev–Trinajstić information content (AvgIpc) is 2.97. The lowest BCUT2D eigenvalue weighted by atomic mass is 9.97. The van der Waals surface area contributed by atoms with Crippen molar-refractivity contribution in [3.63, 3.8) is 0 Å². The largest absolute Gasteiger partial charge is 0.380 e. The molecule has 0 unspecified atom stereocenters. The number of rotatable bonds is 7. The Balaban J connectivity index is 1.78. The van der Waals surface area contributed by atoms with Gasteiger partial charge in [-0.2, -0.15) is 0 Å². The van der Waals surface area contributed by atoms with Crippen molar-refractivity contribution in [3.05, 3.63) is 77.2 Å². The second kappa shape index (κ2) is 10.4. The molecule has 0 saturated heterocycles. The maximum absolute atomic E-state index is 13.4. The highest BCUT2D eigenvalue weighted by molar-refractivity contribution is 5.94. The van der Waals surface area contributed by atoms with Crippen LogP contribution in [0.3, 0.4) is 0 Å². The van der Waals surface area contributed by atoms with Gasteiger partial charge in [-0.05, 0) is 60.9 Å². The number of nitrogens with zero attached hydrogens (tertiary/aromatic N) is 1. The molecule has 1 saturated carbocycles. The van der Waals surface area contributed by atoms with E-state index < -0.39 is 0 Å². The minimum absolute atomic E-state index is 0.0778. The molecule has 3 heteroatoms. The number of hydrogen-bond acceptors (Lipinski definition) is 2. The molecule has 1 aliphatic carbocycles. The molecule has 2 aromatic rings. The van der Waals surface area contributed by atoms with Crippen LogP contribution in [0.25, 0.3) is 5.57 Å². The van der Waals surface area contributed by atoms with Gasteiger partial charge in [0.05, 0.1) is 0 Å². The zero-order valence-corrected chi connectivity index (χ0v) is 17.7. The van der Waals surface area contributed by atoms with Crippen molar-refractivity contribution < 1.29 is 9.18 Å². The highest BCUT2D eigenvalue weighted by atomic mass is 19.1. The van der Waals surface area contributed by atoms with Crippen molar-refractivity contribution in [2.45, 2.75) is 51.9 Å². The summed E-state index contributed by atoms with van der Waals surface area (Å²) in [6.07, 6.45) is 11.0. The molecular weight excluding hydrogens is 361 g/mol. The van der Waals surface area contributed by atoms with E-state index in [0.29, 0.717) is 0 Å². The van der Waals surface area contributed by atoms with E-state index in [2.05, 4.69) is 18.1 Å². The van der Waals surface area contributed by atoms with Crippen LogP contribution in [-0.4, -0.2) is 24.3 Å². The van der Waals surface area contributed by atoms with Crippen molar-refractivity contribution in [3.8, 4) is 0 Å². The smallest absolute Gasteiger partial charge is 0.159 e. The van der Waals surface area contributed by atoms with Gasteiger partial charge < -0.3 is 4.90 Å². The fraction of sp³-hybridized carbons (Fsp3) is 0.423. The summed E-state index contributed by atoms with van der Waals surface area (Å²) in [6.45, 7) is 2.65. The van der Waals surface area contributed by atoms with Crippen LogP contribution in [0.15, 0.2) is 54.7 Å². The topological polar surface area (TPSA) is 20.3 Å². The van der Waals surface area contributed by atoms with E-state index in [1.54, 1.807) is 6.92 Å². The maximum Gasteiger partial charge on any atom is 0.159 e. The van der Waals surface area contributed by atoms with Crippen LogP contribution in [0.4, 0.5) is 4.39 Å². The van der Waals surface area contributed by atoms with Gasteiger partial charge in [-0.1, -0.05) is 62.1 Å². The summed E-state index contributed by atoms with van der Waals surface area (Å²) in [6, 6.07) is 14.5. The Labute approximate surface area is 174 Å². The molecule has 1 aliphatic rings. The van der Waals surface area contributed by atoms with E-state index in [1.165, 1.54) is 50.7 Å². The van der Waals surface area contributed by atoms with Gasteiger partial charge in [0.15, 0.2) is 5.78 Å². The van der Waals surface area contributed by atoms with Gasteiger partial charge in [-0.15, -0.1) is 0 Å². The highest BCUT2D eigenvalue weighted by Crippen LogP contribution is 2.25. The molecule has 0 atom stereocenters. The predicted molar refractivity (Wildman–Crippen MR) is 118 cm³/mol. The Morgan fingerprint density at radius 3 is 2.14 bits per heavy atom. The van der Waals surface area contributed by atoms with E-state index in [-0.39, 0.29) is 11.6 Å². The van der Waals surface area contributed by atoms with Crippen molar-refractivity contribution >= 4 is 11.4 Å². The molecule has 0 heterocycles. The third kappa shape index (κ3) is 6.56. The Hall–Kier alpha value is -2.42. The highest BCUT2D eigenvalue weighted by Gasteiger charge is 2.14. The normalized spacial score (nSPS) is 15.8. The number of ketones is 1. The van der Waals surface area contributed by atoms with Crippen molar-refractivity contribution in [2.75, 3.05) is 13.6 Å². The Kier molecular flexibility index (Phi) is 7.62. The molecule has 154 valence electrons. The summed E-state index contributed by atoms with van der Waals surface area (Å²) in [5.41, 5.74) is 4.08. The molecule has 0 aliphatic heterocycles. The molecule has 0 amide bonds. The predicted octanol–water partition coefficient (Wildman–Crippen LogP) is 6.51. The SMILES string of the molecule is CC(=O)c1ccc(C/C(=C/N(C)CC2CCCCCC2)c2ccc(F)cc2)cc1. The fourth-order valence-electron chi connectivity index (χ4n) is 4.24. The molecule has 0 bridgehead atoms. The van der Waals surface area contributed by atoms with E-state index in [4.69, 9.17) is 0 Å². The molecule has 1 fully saturated rings. The summed E-state index contributed by atoms with van der Waals surface area (Å²) < 4.78 is 13.4. The summed E-state index contributed by atoms with van der Waals surface area (Å²) in [5, 5.41) is 0. The van der Waals surface area contributed by atoms with Crippen LogP contribution in [0, 0.1) is 11.7 Å². The number of allylic oxidation sites excluding steroid dienone is 1. The first-order valence-electron chi connectivity index (χ1n) is 10.8. The number of carbonyl (C=O) groups is 1. The third-order valence-corrected chi connectivity index (χ3v) is 5.87. The zero-order chi connectivity index (χ0) is 20.6. The molecule has 0 radical (unpaired) electrons. The van der Waals surface area contributed by atoms with Crippen LogP contribution < -0.4 is 0 Å². The minimum Gasteiger partial charge on any atom is -0.380 e. The molecule has 2 aromatic carbocycles. The summed E-state index contributed by atoms with van der Waals surface area (Å²) in [5.74, 6) is 0.614. The lowest BCUT2D eigenvalue weighted by molar-refractivity contribution is 0.101. The number of Topliss-reactive ketones (excluding diaryl/α,β-unsaturated/α-hetero) is 1. The first-order chi connectivity index (χ1) is 14.0. The maximum atomic E-state index is 13.4. The summed E-state index contributed by atoms with van der Waals surface area (Å²) >= 11 is 0. The molecule has 0 aromatic heterocycles. The Morgan fingerprint density at radius 1 is 0.966 bits per heavy atom. The monoisotopic (exact) mass is 393 g/mol. The Morgan fingerprint density at radius 2 is 1.55 bits per heavy atom. The van der Waals surface area contributed by atoms with Crippen molar-refractivity contribution in [2.24, 2.45) is 5.92 Å². The summed E-state index contributed by atoms with van der Waals surface area (Å²) in [7, 11) is 2.15. The van der Waals surface area contributed by atoms with Gasteiger partial charge in [-0.3, -0.25) is 4.79 Å². The van der Waals surface area contributed by atoms with E-state index in [1.807, 2.05) is 36.4 Å². The first-order valence-corrected chi connectivity index (χ1v) is 10.8. The molecule has 0 spiro atoms. The molecule has 2 nitrogen and oxygen atoms in total. The minimum atomic E-state index is -0.217. The second-order valence-electron chi connectivity index (χ2n) is 8.39. The van der Waals surface area contributed by atoms with E-state index in [9.17, 15) is 9.18 Å². The first kappa shape index (κ1) is 21.3. The average molecular weight is 394 g/mol. The van der Waals surface area contributed by atoms with E-state index >= 15 is 0 Å². The van der Waals surface area contributed by atoms with Crippen LogP contribution >= 0.6 is 0 Å². The molecule has 0 N–H and O–H groups in total. The van der Waals surface area contributed by atoms with Crippen LogP contribution in [0.5, 0.6) is 0 Å². The quantitative estimate of drug-likeness (QED) is 0.394. The van der Waals surface area contributed by atoms with Crippen LogP contribution in [0.2, 0.25) is 0 Å². The van der Waals surface area contributed by atoms with Crippen LogP contribution in [0.1, 0.15) is 66.9 Å². The van der Waals surface area contributed by atoms with Crippen LogP contribution in [-0.2, 0) is 6.42 Å². The molecule has 3 rings (SSSR count). The van der Waals surface area contributed by atoms with Gasteiger partial charge in [0.25, 0.3) is 0 Å². The van der Waals surface area contributed by atoms with Gasteiger partial charge in [0, 0.05) is 25.4 Å². The molecular formula is C26H32FNO. The molecule has 29 heavy (non-hydrogen) atoms. The lowest BCUT2D eigenvalue weighted by Gasteiger charge is -2.23. The van der Waals surface area contributed by atoms with Gasteiger partial charge in [-0.25, -0.2) is 4.39 Å². The number of carbonyl (C=O) groups excluding carboxylic acids is 1. The zero-order valence-electron chi connectivity index (χ0n) is 17.7.